The first-order valence-electron chi connectivity index (χ1n) is 6.97. The fourth-order valence-corrected chi connectivity index (χ4v) is 2.78. The highest BCUT2D eigenvalue weighted by Crippen LogP contribution is 2.24. The van der Waals surface area contributed by atoms with Crippen LogP contribution in [0.1, 0.15) is 35.4 Å². The summed E-state index contributed by atoms with van der Waals surface area (Å²) in [5.74, 6) is -0.344. The molecule has 0 saturated heterocycles. The zero-order valence-electron chi connectivity index (χ0n) is 12.1. The van der Waals surface area contributed by atoms with Gasteiger partial charge in [0.25, 0.3) is 5.91 Å². The summed E-state index contributed by atoms with van der Waals surface area (Å²) in [5.41, 5.74) is 1.08. The Bertz CT molecular complexity index is 626. The number of hydrogen-bond acceptors (Lipinski definition) is 2. The summed E-state index contributed by atoms with van der Waals surface area (Å²) in [6, 6.07) is 14.0. The van der Waals surface area contributed by atoms with E-state index in [1.54, 1.807) is 18.2 Å². The lowest BCUT2D eigenvalue weighted by Crippen LogP contribution is -2.34. The molecule has 0 aliphatic rings. The number of carbonyl (C=O) groups excluding carboxylic acids is 1. The topological polar surface area (TPSA) is 49.3 Å². The van der Waals surface area contributed by atoms with Crippen molar-refractivity contribution >= 4 is 29.1 Å². The van der Waals surface area contributed by atoms with Crippen molar-refractivity contribution in [3.63, 3.8) is 0 Å². The first-order chi connectivity index (χ1) is 10.5. The molecule has 0 aliphatic carbocycles. The summed E-state index contributed by atoms with van der Waals surface area (Å²) in [6.45, 7) is 1.83. The second-order valence-electron chi connectivity index (χ2n) is 5.13. The maximum atomic E-state index is 12.3. The molecule has 2 rings (SSSR count). The maximum absolute atomic E-state index is 12.3. The third-order valence-corrected chi connectivity index (χ3v) is 3.96. The van der Waals surface area contributed by atoms with Gasteiger partial charge < -0.3 is 10.4 Å². The van der Waals surface area contributed by atoms with Gasteiger partial charge in [0.1, 0.15) is 0 Å². The Balaban J connectivity index is 2.00. The lowest BCUT2D eigenvalue weighted by molar-refractivity contribution is 0.0917. The number of carbonyl (C=O) groups is 1. The van der Waals surface area contributed by atoms with E-state index in [1.165, 1.54) is 0 Å². The fourth-order valence-electron chi connectivity index (χ4n) is 2.22. The zero-order valence-corrected chi connectivity index (χ0v) is 13.6. The van der Waals surface area contributed by atoms with E-state index in [1.807, 2.05) is 37.3 Å². The molecule has 0 aliphatic heterocycles. The van der Waals surface area contributed by atoms with E-state index in [4.69, 9.17) is 23.2 Å². The van der Waals surface area contributed by atoms with Gasteiger partial charge in [0, 0.05) is 6.04 Å². The number of aliphatic hydroxyl groups excluding tert-OH is 1. The molecule has 116 valence electrons. The van der Waals surface area contributed by atoms with Gasteiger partial charge in [-0.05, 0) is 31.0 Å². The van der Waals surface area contributed by atoms with Gasteiger partial charge in [0.05, 0.1) is 21.7 Å². The summed E-state index contributed by atoms with van der Waals surface area (Å²) >= 11 is 12.0. The summed E-state index contributed by atoms with van der Waals surface area (Å²) in [4.78, 5) is 12.3. The van der Waals surface area contributed by atoms with Crippen LogP contribution < -0.4 is 5.32 Å². The summed E-state index contributed by atoms with van der Waals surface area (Å²) < 4.78 is 0. The van der Waals surface area contributed by atoms with Crippen molar-refractivity contribution in [1.29, 1.82) is 0 Å². The minimum Gasteiger partial charge on any atom is -0.388 e. The Morgan fingerprint density at radius 1 is 1.09 bits per heavy atom. The molecule has 0 aromatic heterocycles. The molecule has 0 bridgehead atoms. The Kier molecular flexibility index (Phi) is 5.83. The minimum absolute atomic E-state index is 0.227. The lowest BCUT2D eigenvalue weighted by Gasteiger charge is -2.19. The van der Waals surface area contributed by atoms with Gasteiger partial charge in [-0.3, -0.25) is 4.79 Å². The molecule has 0 saturated carbocycles. The van der Waals surface area contributed by atoms with Crippen LogP contribution >= 0.6 is 23.2 Å². The van der Waals surface area contributed by atoms with Gasteiger partial charge in [-0.1, -0.05) is 59.6 Å². The van der Waals surface area contributed by atoms with Gasteiger partial charge in [-0.15, -0.1) is 0 Å². The Labute approximate surface area is 139 Å². The second kappa shape index (κ2) is 7.63. The largest absolute Gasteiger partial charge is 0.388 e. The highest BCUT2D eigenvalue weighted by molar-refractivity contribution is 6.39. The van der Waals surface area contributed by atoms with E-state index in [0.29, 0.717) is 16.5 Å². The number of hydrogen-bond donors (Lipinski definition) is 2. The molecule has 2 N–H and O–H groups in total. The van der Waals surface area contributed by atoms with Crippen LogP contribution in [-0.4, -0.2) is 17.1 Å². The Hall–Kier alpha value is -1.55. The fraction of sp³-hybridized carbons (Fsp3) is 0.235. The first-order valence-corrected chi connectivity index (χ1v) is 7.72. The third kappa shape index (κ3) is 4.23. The molecule has 2 aromatic rings. The molecule has 2 aromatic carbocycles. The number of halogens is 2. The van der Waals surface area contributed by atoms with Crippen LogP contribution in [0.4, 0.5) is 0 Å². The Morgan fingerprint density at radius 3 is 2.27 bits per heavy atom. The van der Waals surface area contributed by atoms with Crippen LogP contribution in [0.2, 0.25) is 10.0 Å². The van der Waals surface area contributed by atoms with Gasteiger partial charge in [-0.25, -0.2) is 0 Å². The smallest absolute Gasteiger partial charge is 0.254 e. The molecule has 0 unspecified atom stereocenters. The van der Waals surface area contributed by atoms with E-state index in [2.05, 4.69) is 5.32 Å². The van der Waals surface area contributed by atoms with E-state index < -0.39 is 6.10 Å². The molecular formula is C17H17Cl2NO2. The molecule has 0 radical (unpaired) electrons. The Morgan fingerprint density at radius 2 is 1.68 bits per heavy atom. The van der Waals surface area contributed by atoms with E-state index >= 15 is 0 Å². The van der Waals surface area contributed by atoms with Crippen molar-refractivity contribution in [2.24, 2.45) is 0 Å². The van der Waals surface area contributed by atoms with Gasteiger partial charge in [0.15, 0.2) is 0 Å². The molecule has 3 nitrogen and oxygen atoms in total. The van der Waals surface area contributed by atoms with Crippen molar-refractivity contribution < 1.29 is 9.90 Å². The van der Waals surface area contributed by atoms with Gasteiger partial charge >= 0.3 is 0 Å². The third-order valence-electron chi connectivity index (χ3n) is 3.33. The standard InChI is InChI=1S/C17H17Cl2NO2/c1-11(10-15(21)12-6-3-2-4-7-12)20-17(22)16-13(18)8-5-9-14(16)19/h2-9,11,15,21H,10H2,1H3,(H,20,22)/t11-,15-/m1/s1. The molecule has 1 amide bonds. The van der Waals surface area contributed by atoms with Crippen LogP contribution in [0.15, 0.2) is 48.5 Å². The van der Waals surface area contributed by atoms with Crippen LogP contribution in [-0.2, 0) is 0 Å². The van der Waals surface area contributed by atoms with Gasteiger partial charge in [0.2, 0.25) is 0 Å². The molecule has 22 heavy (non-hydrogen) atoms. The lowest BCUT2D eigenvalue weighted by atomic mass is 10.0. The molecule has 0 fully saturated rings. The number of aliphatic hydroxyl groups is 1. The zero-order chi connectivity index (χ0) is 16.1. The van der Waals surface area contributed by atoms with Crippen molar-refractivity contribution in [2.45, 2.75) is 25.5 Å². The van der Waals surface area contributed by atoms with Crippen LogP contribution in [0, 0.1) is 0 Å². The minimum atomic E-state index is -0.641. The van der Waals surface area contributed by atoms with Crippen molar-refractivity contribution in [3.8, 4) is 0 Å². The van der Waals surface area contributed by atoms with Crippen LogP contribution in [0.5, 0.6) is 0 Å². The second-order valence-corrected chi connectivity index (χ2v) is 5.95. The number of nitrogens with one attached hydrogen (secondary N) is 1. The SMILES string of the molecule is C[C@H](C[C@@H](O)c1ccccc1)NC(=O)c1c(Cl)cccc1Cl. The van der Waals surface area contributed by atoms with Crippen molar-refractivity contribution in [1.82, 2.24) is 5.32 Å². The summed E-state index contributed by atoms with van der Waals surface area (Å²) in [6.07, 6.45) is -0.240. The highest BCUT2D eigenvalue weighted by Gasteiger charge is 2.18. The predicted molar refractivity (Wildman–Crippen MR) is 89.4 cm³/mol. The number of amides is 1. The average Bonchev–Trinajstić information content (AvgIpc) is 2.47. The summed E-state index contributed by atoms with van der Waals surface area (Å²) in [7, 11) is 0. The number of benzene rings is 2. The number of rotatable bonds is 5. The molecule has 0 heterocycles. The summed E-state index contributed by atoms with van der Waals surface area (Å²) in [5, 5.41) is 13.6. The van der Waals surface area contributed by atoms with Crippen molar-refractivity contribution in [2.75, 3.05) is 0 Å². The quantitative estimate of drug-likeness (QED) is 0.857. The highest BCUT2D eigenvalue weighted by atomic mass is 35.5. The van der Waals surface area contributed by atoms with Gasteiger partial charge in [-0.2, -0.15) is 0 Å². The van der Waals surface area contributed by atoms with Crippen LogP contribution in [0.3, 0.4) is 0 Å². The van der Waals surface area contributed by atoms with E-state index in [-0.39, 0.29) is 17.5 Å². The monoisotopic (exact) mass is 337 g/mol. The van der Waals surface area contributed by atoms with Crippen LogP contribution in [0.25, 0.3) is 0 Å². The molecule has 0 spiro atoms. The maximum Gasteiger partial charge on any atom is 0.254 e. The first kappa shape index (κ1) is 16.8. The molecule has 5 heteroatoms. The average molecular weight is 338 g/mol. The predicted octanol–water partition coefficient (Wildman–Crippen LogP) is 4.24. The van der Waals surface area contributed by atoms with E-state index in [0.717, 1.165) is 5.56 Å². The van der Waals surface area contributed by atoms with Crippen molar-refractivity contribution in [3.05, 3.63) is 69.7 Å². The molecule has 2 atom stereocenters. The molecular weight excluding hydrogens is 321 g/mol. The van der Waals surface area contributed by atoms with E-state index in [9.17, 15) is 9.90 Å². The normalized spacial score (nSPS) is 13.5.